The molecule has 0 heterocycles. The van der Waals surface area contributed by atoms with E-state index in [1.54, 1.807) is 0 Å². The lowest BCUT2D eigenvalue weighted by molar-refractivity contribution is 0.340. The van der Waals surface area contributed by atoms with Crippen molar-refractivity contribution in [3.05, 3.63) is 0 Å². The van der Waals surface area contributed by atoms with Crippen LogP contribution in [0.4, 0.5) is 0 Å². The molecule has 0 aliphatic rings. The average molecular weight is 188 g/mol. The molecule has 0 atom stereocenters. The fraction of sp³-hybridized carbons (Fsp3) is 1.00. The molecule has 0 bridgehead atoms. The van der Waals surface area contributed by atoms with Gasteiger partial charge in [0.15, 0.2) is 0 Å². The van der Waals surface area contributed by atoms with Gasteiger partial charge >= 0.3 is 0 Å². The molecule has 13 heavy (non-hydrogen) atoms. The third-order valence-electron chi connectivity index (χ3n) is 1.96. The Morgan fingerprint density at radius 2 is 1.92 bits per heavy atom. The molecule has 0 spiro atoms. The topological polar surface area (TPSA) is 53.3 Å². The molecule has 0 fully saturated rings. The van der Waals surface area contributed by atoms with Gasteiger partial charge in [-0.1, -0.05) is 0 Å². The van der Waals surface area contributed by atoms with Gasteiger partial charge in [-0.3, -0.25) is 0 Å². The van der Waals surface area contributed by atoms with E-state index < -0.39 is 0 Å². The van der Waals surface area contributed by atoms with Crippen molar-refractivity contribution in [1.82, 2.24) is 15.5 Å². The van der Waals surface area contributed by atoms with E-state index in [1.807, 2.05) is 7.05 Å². The largest absolute Gasteiger partial charge is 0.329 e. The summed E-state index contributed by atoms with van der Waals surface area (Å²) in [5, 5.41) is 6.51. The molecular formula is C9H24N4. The fourth-order valence-corrected chi connectivity index (χ4v) is 1.12. The minimum absolute atomic E-state index is 0.746. The third-order valence-corrected chi connectivity index (χ3v) is 1.96. The van der Waals surface area contributed by atoms with Gasteiger partial charge in [0, 0.05) is 26.2 Å². The lowest BCUT2D eigenvalue weighted by Gasteiger charge is -2.15. The normalized spacial score (nSPS) is 11.1. The van der Waals surface area contributed by atoms with Gasteiger partial charge in [-0.2, -0.15) is 0 Å². The van der Waals surface area contributed by atoms with E-state index >= 15 is 0 Å². The summed E-state index contributed by atoms with van der Waals surface area (Å²) >= 11 is 0. The van der Waals surface area contributed by atoms with Crippen molar-refractivity contribution < 1.29 is 0 Å². The van der Waals surface area contributed by atoms with Crippen LogP contribution in [-0.2, 0) is 0 Å². The maximum absolute atomic E-state index is 5.43. The molecule has 0 radical (unpaired) electrons. The van der Waals surface area contributed by atoms with Crippen molar-refractivity contribution in [2.45, 2.75) is 6.42 Å². The molecule has 4 nitrogen and oxygen atoms in total. The van der Waals surface area contributed by atoms with Crippen LogP contribution in [-0.4, -0.2) is 58.3 Å². The van der Waals surface area contributed by atoms with Crippen molar-refractivity contribution in [3.8, 4) is 0 Å². The number of rotatable bonds is 9. The van der Waals surface area contributed by atoms with Gasteiger partial charge in [-0.05, 0) is 33.6 Å². The molecule has 0 aliphatic carbocycles. The highest BCUT2D eigenvalue weighted by atomic mass is 15.1. The van der Waals surface area contributed by atoms with Gasteiger partial charge in [0.05, 0.1) is 0 Å². The van der Waals surface area contributed by atoms with Crippen molar-refractivity contribution in [2.75, 3.05) is 53.4 Å². The van der Waals surface area contributed by atoms with Gasteiger partial charge in [-0.15, -0.1) is 0 Å². The second-order valence-electron chi connectivity index (χ2n) is 3.30. The fourth-order valence-electron chi connectivity index (χ4n) is 1.12. The zero-order valence-electron chi connectivity index (χ0n) is 8.97. The van der Waals surface area contributed by atoms with Gasteiger partial charge in [0.25, 0.3) is 0 Å². The van der Waals surface area contributed by atoms with Gasteiger partial charge in [0.1, 0.15) is 0 Å². The molecule has 0 saturated heterocycles. The standard InChI is InChI=1S/C9H24N4/c1-11-5-3-6-12-7-9-13(2)8-4-10/h11-12H,3-10H2,1-2H3. The minimum Gasteiger partial charge on any atom is -0.329 e. The molecule has 0 aliphatic heterocycles. The van der Waals surface area contributed by atoms with Gasteiger partial charge in [-0.25, -0.2) is 0 Å². The third kappa shape index (κ3) is 9.76. The Kier molecular flexibility index (Phi) is 9.80. The maximum Gasteiger partial charge on any atom is 0.0104 e. The number of likely N-dealkylation sites (N-methyl/N-ethyl adjacent to an activating group) is 1. The molecule has 0 saturated carbocycles. The summed E-state index contributed by atoms with van der Waals surface area (Å²) in [6.07, 6.45) is 1.19. The lowest BCUT2D eigenvalue weighted by Crippen LogP contribution is -2.33. The predicted octanol–water partition coefficient (Wildman–Crippen LogP) is -0.924. The van der Waals surface area contributed by atoms with E-state index in [9.17, 15) is 0 Å². The second-order valence-corrected chi connectivity index (χ2v) is 3.30. The van der Waals surface area contributed by atoms with Crippen LogP contribution in [0.2, 0.25) is 0 Å². The second kappa shape index (κ2) is 9.92. The summed E-state index contributed by atoms with van der Waals surface area (Å²) in [5.41, 5.74) is 5.43. The van der Waals surface area contributed by atoms with Crippen molar-refractivity contribution in [3.63, 3.8) is 0 Å². The predicted molar refractivity (Wildman–Crippen MR) is 58.0 cm³/mol. The Morgan fingerprint density at radius 3 is 2.54 bits per heavy atom. The SMILES string of the molecule is CNCCCNCCN(C)CCN. The maximum atomic E-state index is 5.43. The average Bonchev–Trinajstić information content (AvgIpc) is 2.11. The first kappa shape index (κ1) is 12.8. The summed E-state index contributed by atoms with van der Waals surface area (Å²) in [6, 6.07) is 0. The van der Waals surface area contributed by atoms with Crippen LogP contribution in [0.1, 0.15) is 6.42 Å². The first-order valence-corrected chi connectivity index (χ1v) is 5.05. The Labute approximate surface area is 81.9 Å². The van der Waals surface area contributed by atoms with E-state index in [2.05, 4.69) is 22.6 Å². The number of nitrogens with zero attached hydrogens (tertiary/aromatic N) is 1. The minimum atomic E-state index is 0.746. The highest BCUT2D eigenvalue weighted by Crippen LogP contribution is 1.78. The van der Waals surface area contributed by atoms with E-state index in [0.29, 0.717) is 0 Å². The molecule has 4 heteroatoms. The Morgan fingerprint density at radius 1 is 1.15 bits per heavy atom. The van der Waals surface area contributed by atoms with E-state index in [0.717, 1.165) is 39.3 Å². The first-order chi connectivity index (χ1) is 6.31. The monoisotopic (exact) mass is 188 g/mol. The highest BCUT2D eigenvalue weighted by Gasteiger charge is 1.94. The summed E-state index contributed by atoms with van der Waals surface area (Å²) in [4.78, 5) is 2.24. The van der Waals surface area contributed by atoms with Crippen LogP contribution in [0.15, 0.2) is 0 Å². The van der Waals surface area contributed by atoms with Crippen LogP contribution in [0.25, 0.3) is 0 Å². The summed E-state index contributed by atoms with van der Waals surface area (Å²) in [7, 11) is 4.08. The van der Waals surface area contributed by atoms with Gasteiger partial charge in [0.2, 0.25) is 0 Å². The molecular weight excluding hydrogens is 164 g/mol. The highest BCUT2D eigenvalue weighted by molar-refractivity contribution is 4.55. The van der Waals surface area contributed by atoms with E-state index in [-0.39, 0.29) is 0 Å². The Hall–Kier alpha value is -0.160. The Balaban J connectivity index is 2.97. The summed E-state index contributed by atoms with van der Waals surface area (Å²) in [6.45, 7) is 6.05. The van der Waals surface area contributed by atoms with E-state index in [1.165, 1.54) is 6.42 Å². The van der Waals surface area contributed by atoms with Crippen LogP contribution in [0.3, 0.4) is 0 Å². The zero-order valence-corrected chi connectivity index (χ0v) is 8.97. The molecule has 0 aromatic rings. The van der Waals surface area contributed by atoms with Crippen LogP contribution in [0.5, 0.6) is 0 Å². The van der Waals surface area contributed by atoms with E-state index in [4.69, 9.17) is 5.73 Å². The molecule has 4 N–H and O–H groups in total. The first-order valence-electron chi connectivity index (χ1n) is 5.05. The quantitative estimate of drug-likeness (QED) is 0.410. The summed E-state index contributed by atoms with van der Waals surface area (Å²) < 4.78 is 0. The number of hydrogen-bond donors (Lipinski definition) is 3. The van der Waals surface area contributed by atoms with Gasteiger partial charge < -0.3 is 21.3 Å². The molecule has 0 rings (SSSR count). The van der Waals surface area contributed by atoms with Crippen LogP contribution < -0.4 is 16.4 Å². The smallest absolute Gasteiger partial charge is 0.0104 e. The molecule has 0 unspecified atom stereocenters. The van der Waals surface area contributed by atoms with Crippen LogP contribution >= 0.6 is 0 Å². The summed E-state index contributed by atoms with van der Waals surface area (Å²) in [5.74, 6) is 0. The Bertz CT molecular complexity index is 97.6. The zero-order chi connectivity index (χ0) is 9.94. The lowest BCUT2D eigenvalue weighted by atomic mass is 10.4. The van der Waals surface area contributed by atoms with Crippen molar-refractivity contribution >= 4 is 0 Å². The van der Waals surface area contributed by atoms with Crippen LogP contribution in [0, 0.1) is 0 Å². The number of hydrogen-bond acceptors (Lipinski definition) is 4. The van der Waals surface area contributed by atoms with Crippen molar-refractivity contribution in [1.29, 1.82) is 0 Å². The molecule has 80 valence electrons. The molecule has 0 amide bonds. The molecule has 0 aromatic heterocycles. The number of nitrogens with two attached hydrogens (primary N) is 1. The molecule has 0 aromatic carbocycles. The van der Waals surface area contributed by atoms with Crippen molar-refractivity contribution in [2.24, 2.45) is 5.73 Å². The number of nitrogens with one attached hydrogen (secondary N) is 2.